The Morgan fingerprint density at radius 3 is 2.52 bits per heavy atom. The van der Waals surface area contributed by atoms with Crippen molar-refractivity contribution in [3.8, 4) is 11.3 Å². The van der Waals surface area contributed by atoms with E-state index in [-0.39, 0.29) is 5.15 Å². The van der Waals surface area contributed by atoms with Gasteiger partial charge in [0.15, 0.2) is 0 Å². The number of benzene rings is 1. The molecule has 0 N–H and O–H groups in total. The monoisotopic (exact) mass is 325 g/mol. The summed E-state index contributed by atoms with van der Waals surface area (Å²) in [6, 6.07) is 10.3. The number of hydrogen-bond acceptors (Lipinski definition) is 2. The largest absolute Gasteiger partial charge is 0.299 e. The van der Waals surface area contributed by atoms with Crippen molar-refractivity contribution >= 4 is 17.3 Å². The number of halogens is 1. The number of pyridine rings is 1. The lowest BCUT2D eigenvalue weighted by atomic mass is 10.0. The number of aromatic nitrogens is 1. The molecule has 1 aliphatic rings. The van der Waals surface area contributed by atoms with Crippen LogP contribution in [0.15, 0.2) is 30.3 Å². The molecule has 0 saturated carbocycles. The SMILES string of the molecule is [C-]#[N+]c1cc(C)c(-c2ccc(CN3CCCCC3)cc2)nc1Cl. The van der Waals surface area contributed by atoms with Crippen LogP contribution in [0.4, 0.5) is 5.69 Å². The first-order valence-electron chi connectivity index (χ1n) is 8.03. The molecule has 1 fully saturated rings. The van der Waals surface area contributed by atoms with Gasteiger partial charge < -0.3 is 0 Å². The third-order valence-corrected chi connectivity index (χ3v) is 4.63. The molecule has 1 aliphatic heterocycles. The van der Waals surface area contributed by atoms with Crippen molar-refractivity contribution in [2.75, 3.05) is 13.1 Å². The van der Waals surface area contributed by atoms with E-state index in [9.17, 15) is 0 Å². The van der Waals surface area contributed by atoms with E-state index < -0.39 is 0 Å². The first-order chi connectivity index (χ1) is 11.2. The molecule has 4 heteroatoms. The van der Waals surface area contributed by atoms with E-state index in [0.29, 0.717) is 5.69 Å². The summed E-state index contributed by atoms with van der Waals surface area (Å²) in [7, 11) is 0. The fourth-order valence-electron chi connectivity index (χ4n) is 3.09. The number of likely N-dealkylation sites (tertiary alicyclic amines) is 1. The van der Waals surface area contributed by atoms with Gasteiger partial charge in [0.1, 0.15) is 5.15 Å². The van der Waals surface area contributed by atoms with Gasteiger partial charge in [0.2, 0.25) is 5.69 Å². The lowest BCUT2D eigenvalue weighted by Crippen LogP contribution is -2.28. The number of hydrogen-bond donors (Lipinski definition) is 0. The van der Waals surface area contributed by atoms with Crippen LogP contribution in [0.2, 0.25) is 5.15 Å². The molecule has 1 saturated heterocycles. The molecule has 118 valence electrons. The van der Waals surface area contributed by atoms with Crippen molar-refractivity contribution in [2.45, 2.75) is 32.7 Å². The Morgan fingerprint density at radius 2 is 1.87 bits per heavy atom. The molecule has 0 amide bonds. The summed E-state index contributed by atoms with van der Waals surface area (Å²) < 4.78 is 0. The average Bonchev–Trinajstić information content (AvgIpc) is 2.58. The molecular formula is C19H20ClN3. The zero-order valence-corrected chi connectivity index (χ0v) is 14.1. The van der Waals surface area contributed by atoms with E-state index >= 15 is 0 Å². The second-order valence-corrected chi connectivity index (χ2v) is 6.47. The lowest BCUT2D eigenvalue weighted by Gasteiger charge is -2.26. The predicted molar refractivity (Wildman–Crippen MR) is 94.8 cm³/mol. The van der Waals surface area contributed by atoms with Gasteiger partial charge in [-0.1, -0.05) is 42.3 Å². The molecule has 1 aromatic heterocycles. The second-order valence-electron chi connectivity index (χ2n) is 6.11. The standard InChI is InChI=1S/C19H20ClN3/c1-14-12-17(21-2)19(20)22-18(14)16-8-6-15(7-9-16)13-23-10-4-3-5-11-23/h6-9,12H,3-5,10-11,13H2,1H3. The fraction of sp³-hybridized carbons (Fsp3) is 0.368. The molecule has 0 atom stereocenters. The maximum Gasteiger partial charge on any atom is 0.223 e. The van der Waals surface area contributed by atoms with Crippen LogP contribution in [0.25, 0.3) is 16.1 Å². The normalized spacial score (nSPS) is 15.3. The highest BCUT2D eigenvalue weighted by Crippen LogP contribution is 2.30. The Morgan fingerprint density at radius 1 is 1.17 bits per heavy atom. The zero-order chi connectivity index (χ0) is 16.2. The smallest absolute Gasteiger partial charge is 0.223 e. The lowest BCUT2D eigenvalue weighted by molar-refractivity contribution is 0.221. The first-order valence-corrected chi connectivity index (χ1v) is 8.41. The van der Waals surface area contributed by atoms with Crippen LogP contribution in [0.1, 0.15) is 30.4 Å². The summed E-state index contributed by atoms with van der Waals surface area (Å²) in [4.78, 5) is 10.3. The van der Waals surface area contributed by atoms with Gasteiger partial charge in [-0.25, -0.2) is 9.83 Å². The molecule has 1 aromatic carbocycles. The van der Waals surface area contributed by atoms with Crippen LogP contribution in [0.5, 0.6) is 0 Å². The molecule has 23 heavy (non-hydrogen) atoms. The van der Waals surface area contributed by atoms with Gasteiger partial charge in [-0.2, -0.15) is 0 Å². The Hall–Kier alpha value is -1.89. The van der Waals surface area contributed by atoms with Gasteiger partial charge in [-0.15, -0.1) is 0 Å². The summed E-state index contributed by atoms with van der Waals surface area (Å²) in [6.45, 7) is 12.5. The highest BCUT2D eigenvalue weighted by atomic mass is 35.5. The van der Waals surface area contributed by atoms with E-state index in [1.54, 1.807) is 6.07 Å². The van der Waals surface area contributed by atoms with Gasteiger partial charge in [-0.3, -0.25) is 4.90 Å². The van der Waals surface area contributed by atoms with Gasteiger partial charge in [0.25, 0.3) is 0 Å². The van der Waals surface area contributed by atoms with Crippen LogP contribution in [0, 0.1) is 13.5 Å². The number of nitrogens with zero attached hydrogens (tertiary/aromatic N) is 3. The number of piperidine rings is 1. The van der Waals surface area contributed by atoms with Crippen LogP contribution >= 0.6 is 11.6 Å². The summed E-state index contributed by atoms with van der Waals surface area (Å²) in [5.74, 6) is 0. The minimum Gasteiger partial charge on any atom is -0.299 e. The highest BCUT2D eigenvalue weighted by molar-refractivity contribution is 6.32. The fourth-order valence-corrected chi connectivity index (χ4v) is 3.27. The van der Waals surface area contributed by atoms with Crippen molar-refractivity contribution in [3.63, 3.8) is 0 Å². The van der Waals surface area contributed by atoms with Gasteiger partial charge >= 0.3 is 0 Å². The van der Waals surface area contributed by atoms with E-state index in [0.717, 1.165) is 23.4 Å². The topological polar surface area (TPSA) is 20.5 Å². The Bertz CT molecular complexity index is 726. The predicted octanol–water partition coefficient (Wildman–Crippen LogP) is 5.25. The molecule has 3 rings (SSSR count). The van der Waals surface area contributed by atoms with Crippen molar-refractivity contribution in [1.29, 1.82) is 0 Å². The van der Waals surface area contributed by atoms with Crippen LogP contribution in [0.3, 0.4) is 0 Å². The van der Waals surface area contributed by atoms with E-state index in [2.05, 4.69) is 39.0 Å². The molecule has 2 heterocycles. The average molecular weight is 326 g/mol. The van der Waals surface area contributed by atoms with E-state index in [1.165, 1.54) is 37.9 Å². The Balaban J connectivity index is 1.79. The van der Waals surface area contributed by atoms with Crippen molar-refractivity contribution in [1.82, 2.24) is 9.88 Å². The van der Waals surface area contributed by atoms with E-state index in [1.807, 2.05) is 6.92 Å². The van der Waals surface area contributed by atoms with Crippen molar-refractivity contribution < 1.29 is 0 Å². The number of rotatable bonds is 3. The molecular weight excluding hydrogens is 306 g/mol. The van der Waals surface area contributed by atoms with Crippen LogP contribution in [-0.2, 0) is 6.54 Å². The van der Waals surface area contributed by atoms with Crippen LogP contribution < -0.4 is 0 Å². The maximum atomic E-state index is 7.10. The molecule has 0 aliphatic carbocycles. The van der Waals surface area contributed by atoms with Crippen molar-refractivity contribution in [3.05, 3.63) is 58.0 Å². The zero-order valence-electron chi connectivity index (χ0n) is 13.3. The minimum atomic E-state index is 0.276. The van der Waals surface area contributed by atoms with E-state index in [4.69, 9.17) is 18.2 Å². The van der Waals surface area contributed by atoms with Gasteiger partial charge in [0.05, 0.1) is 12.3 Å². The molecule has 0 bridgehead atoms. The molecule has 0 spiro atoms. The Kier molecular flexibility index (Phi) is 4.95. The van der Waals surface area contributed by atoms with Crippen LogP contribution in [-0.4, -0.2) is 23.0 Å². The quantitative estimate of drug-likeness (QED) is 0.567. The summed E-state index contributed by atoms with van der Waals surface area (Å²) in [5.41, 5.74) is 4.62. The Labute approximate surface area is 142 Å². The third kappa shape index (κ3) is 3.72. The summed E-state index contributed by atoms with van der Waals surface area (Å²) in [5, 5.41) is 0.276. The van der Waals surface area contributed by atoms with Gasteiger partial charge in [-0.05, 0) is 50.0 Å². The highest BCUT2D eigenvalue weighted by Gasteiger charge is 2.12. The summed E-state index contributed by atoms with van der Waals surface area (Å²) in [6.07, 6.45) is 3.99. The van der Waals surface area contributed by atoms with Gasteiger partial charge in [0, 0.05) is 12.1 Å². The second kappa shape index (κ2) is 7.12. The minimum absolute atomic E-state index is 0.276. The molecule has 2 aromatic rings. The summed E-state index contributed by atoms with van der Waals surface area (Å²) >= 11 is 6.08. The number of aryl methyl sites for hydroxylation is 1. The van der Waals surface area contributed by atoms with Crippen molar-refractivity contribution in [2.24, 2.45) is 0 Å². The first kappa shape index (κ1) is 16.0. The molecule has 3 nitrogen and oxygen atoms in total. The molecule has 0 radical (unpaired) electrons. The maximum absolute atomic E-state index is 7.10. The molecule has 0 unspecified atom stereocenters. The third-order valence-electron chi connectivity index (χ3n) is 4.35.